The standard InChI is InChI=1S/C15H27N/c1-5-10-14(3,4)16-15(11-6-2)12-8-7-9-13-15/h5-6,16H,1-2,7-13H2,3-4H3. The zero-order valence-electron chi connectivity index (χ0n) is 11.0. The van der Waals surface area contributed by atoms with E-state index in [0.29, 0.717) is 5.54 Å². The van der Waals surface area contributed by atoms with Crippen LogP contribution in [0.25, 0.3) is 0 Å². The van der Waals surface area contributed by atoms with Gasteiger partial charge in [-0.1, -0.05) is 31.4 Å². The molecule has 0 amide bonds. The lowest BCUT2D eigenvalue weighted by molar-refractivity contribution is 0.173. The number of rotatable bonds is 6. The third kappa shape index (κ3) is 3.79. The molecule has 1 nitrogen and oxygen atoms in total. The van der Waals surface area contributed by atoms with Gasteiger partial charge in [0.15, 0.2) is 0 Å². The molecule has 92 valence electrons. The largest absolute Gasteiger partial charge is 0.306 e. The molecule has 0 radical (unpaired) electrons. The van der Waals surface area contributed by atoms with E-state index < -0.39 is 0 Å². The second kappa shape index (κ2) is 5.67. The number of nitrogens with one attached hydrogen (secondary N) is 1. The fourth-order valence-electron chi connectivity index (χ4n) is 3.01. The summed E-state index contributed by atoms with van der Waals surface area (Å²) >= 11 is 0. The quantitative estimate of drug-likeness (QED) is 0.663. The van der Waals surface area contributed by atoms with E-state index in [1.165, 1.54) is 32.1 Å². The van der Waals surface area contributed by atoms with Crippen LogP contribution in [0, 0.1) is 0 Å². The van der Waals surface area contributed by atoms with E-state index >= 15 is 0 Å². The van der Waals surface area contributed by atoms with Crippen molar-refractivity contribution in [1.29, 1.82) is 0 Å². The van der Waals surface area contributed by atoms with E-state index in [2.05, 4.69) is 38.4 Å². The van der Waals surface area contributed by atoms with Crippen LogP contribution in [-0.2, 0) is 0 Å². The Morgan fingerprint density at radius 3 is 2.25 bits per heavy atom. The first-order chi connectivity index (χ1) is 7.54. The van der Waals surface area contributed by atoms with E-state index in [9.17, 15) is 0 Å². The molecule has 0 saturated heterocycles. The summed E-state index contributed by atoms with van der Waals surface area (Å²) in [6, 6.07) is 0. The Morgan fingerprint density at radius 2 is 1.75 bits per heavy atom. The lowest BCUT2D eigenvalue weighted by Crippen LogP contribution is -2.55. The highest BCUT2D eigenvalue weighted by molar-refractivity contribution is 5.01. The smallest absolute Gasteiger partial charge is 0.0220 e. The maximum atomic E-state index is 3.92. The van der Waals surface area contributed by atoms with Crippen molar-refractivity contribution in [1.82, 2.24) is 5.32 Å². The Morgan fingerprint density at radius 1 is 1.12 bits per heavy atom. The van der Waals surface area contributed by atoms with Crippen LogP contribution in [0.5, 0.6) is 0 Å². The molecule has 0 aromatic rings. The first kappa shape index (κ1) is 13.5. The Labute approximate surface area is 101 Å². The Balaban J connectivity index is 2.69. The highest BCUT2D eigenvalue weighted by atomic mass is 15.0. The zero-order valence-corrected chi connectivity index (χ0v) is 11.0. The van der Waals surface area contributed by atoms with Crippen molar-refractivity contribution in [3.8, 4) is 0 Å². The highest BCUT2D eigenvalue weighted by Gasteiger charge is 2.34. The van der Waals surface area contributed by atoms with Crippen molar-refractivity contribution in [3.05, 3.63) is 25.3 Å². The summed E-state index contributed by atoms with van der Waals surface area (Å²) in [4.78, 5) is 0. The molecule has 1 N–H and O–H groups in total. The van der Waals surface area contributed by atoms with Gasteiger partial charge in [-0.2, -0.15) is 0 Å². The molecular formula is C15H27N. The second-order valence-electron chi connectivity index (χ2n) is 5.84. The molecular weight excluding hydrogens is 194 g/mol. The Kier molecular flexibility index (Phi) is 4.79. The minimum atomic E-state index is 0.155. The normalized spacial score (nSPS) is 20.4. The minimum Gasteiger partial charge on any atom is -0.306 e. The third-order valence-electron chi connectivity index (χ3n) is 3.60. The van der Waals surface area contributed by atoms with E-state index in [1.807, 2.05) is 6.08 Å². The lowest BCUT2D eigenvalue weighted by atomic mass is 9.77. The van der Waals surface area contributed by atoms with Crippen LogP contribution < -0.4 is 5.32 Å². The van der Waals surface area contributed by atoms with Crippen molar-refractivity contribution >= 4 is 0 Å². The van der Waals surface area contributed by atoms with E-state index in [0.717, 1.165) is 12.8 Å². The van der Waals surface area contributed by atoms with Gasteiger partial charge in [0.25, 0.3) is 0 Å². The Hall–Kier alpha value is -0.560. The number of hydrogen-bond acceptors (Lipinski definition) is 1. The van der Waals surface area contributed by atoms with E-state index in [-0.39, 0.29) is 5.54 Å². The van der Waals surface area contributed by atoms with Gasteiger partial charge in [0, 0.05) is 11.1 Å². The maximum Gasteiger partial charge on any atom is 0.0220 e. The van der Waals surface area contributed by atoms with Crippen LogP contribution in [-0.4, -0.2) is 11.1 Å². The predicted molar refractivity (Wildman–Crippen MR) is 72.7 cm³/mol. The molecule has 1 fully saturated rings. The van der Waals surface area contributed by atoms with Gasteiger partial charge < -0.3 is 5.32 Å². The van der Waals surface area contributed by atoms with Crippen LogP contribution in [0.4, 0.5) is 0 Å². The average Bonchev–Trinajstić information content (AvgIpc) is 2.17. The molecule has 16 heavy (non-hydrogen) atoms. The maximum absolute atomic E-state index is 3.92. The highest BCUT2D eigenvalue weighted by Crippen LogP contribution is 2.33. The molecule has 0 aliphatic heterocycles. The van der Waals surface area contributed by atoms with Crippen LogP contribution in [0.1, 0.15) is 58.8 Å². The summed E-state index contributed by atoms with van der Waals surface area (Å²) in [5, 5.41) is 3.87. The van der Waals surface area contributed by atoms with Crippen molar-refractivity contribution < 1.29 is 0 Å². The fraction of sp³-hybridized carbons (Fsp3) is 0.733. The molecule has 0 heterocycles. The van der Waals surface area contributed by atoms with Gasteiger partial charge >= 0.3 is 0 Å². The van der Waals surface area contributed by atoms with Crippen LogP contribution in [0.3, 0.4) is 0 Å². The molecule has 0 aromatic carbocycles. The van der Waals surface area contributed by atoms with Gasteiger partial charge in [0.2, 0.25) is 0 Å². The fourth-order valence-corrected chi connectivity index (χ4v) is 3.01. The molecule has 0 aromatic heterocycles. The van der Waals surface area contributed by atoms with E-state index in [4.69, 9.17) is 0 Å². The van der Waals surface area contributed by atoms with Crippen molar-refractivity contribution in [2.75, 3.05) is 0 Å². The van der Waals surface area contributed by atoms with Gasteiger partial charge in [0.1, 0.15) is 0 Å². The summed E-state index contributed by atoms with van der Waals surface area (Å²) in [5.74, 6) is 0. The Bertz CT molecular complexity index is 234. The molecule has 1 rings (SSSR count). The second-order valence-corrected chi connectivity index (χ2v) is 5.84. The lowest BCUT2D eigenvalue weighted by Gasteiger charge is -2.44. The molecule has 0 atom stereocenters. The van der Waals surface area contributed by atoms with Gasteiger partial charge in [-0.15, -0.1) is 13.2 Å². The van der Waals surface area contributed by atoms with Crippen molar-refractivity contribution in [3.63, 3.8) is 0 Å². The topological polar surface area (TPSA) is 12.0 Å². The van der Waals surface area contributed by atoms with Gasteiger partial charge in [-0.3, -0.25) is 0 Å². The van der Waals surface area contributed by atoms with E-state index in [1.54, 1.807) is 0 Å². The third-order valence-corrected chi connectivity index (χ3v) is 3.60. The zero-order chi connectivity index (χ0) is 12.1. The summed E-state index contributed by atoms with van der Waals surface area (Å²) in [6.07, 6.45) is 12.9. The molecule has 1 aliphatic carbocycles. The molecule has 0 unspecified atom stereocenters. The average molecular weight is 221 g/mol. The van der Waals surface area contributed by atoms with Gasteiger partial charge in [-0.05, 0) is 39.5 Å². The van der Waals surface area contributed by atoms with Gasteiger partial charge in [-0.25, -0.2) is 0 Å². The first-order valence-electron chi connectivity index (χ1n) is 6.55. The van der Waals surface area contributed by atoms with Crippen LogP contribution in [0.2, 0.25) is 0 Å². The SMILES string of the molecule is C=CCC(C)(C)NC1(CC=C)CCCCC1. The molecule has 1 saturated carbocycles. The summed E-state index contributed by atoms with van der Waals surface area (Å²) in [5.41, 5.74) is 0.453. The van der Waals surface area contributed by atoms with Crippen LogP contribution >= 0.6 is 0 Å². The van der Waals surface area contributed by atoms with Crippen molar-refractivity contribution in [2.24, 2.45) is 0 Å². The number of hydrogen-bond donors (Lipinski definition) is 1. The summed E-state index contributed by atoms with van der Waals surface area (Å²) < 4.78 is 0. The van der Waals surface area contributed by atoms with Crippen molar-refractivity contribution in [2.45, 2.75) is 69.9 Å². The molecule has 1 heteroatoms. The molecule has 0 spiro atoms. The summed E-state index contributed by atoms with van der Waals surface area (Å²) in [6.45, 7) is 12.3. The molecule has 0 bridgehead atoms. The first-order valence-corrected chi connectivity index (χ1v) is 6.55. The monoisotopic (exact) mass is 221 g/mol. The van der Waals surface area contributed by atoms with Gasteiger partial charge in [0.05, 0.1) is 0 Å². The minimum absolute atomic E-state index is 0.155. The predicted octanol–water partition coefficient (Wildman–Crippen LogP) is 4.21. The molecule has 1 aliphatic rings. The summed E-state index contributed by atoms with van der Waals surface area (Å²) in [7, 11) is 0. The van der Waals surface area contributed by atoms with Crippen LogP contribution in [0.15, 0.2) is 25.3 Å².